The Morgan fingerprint density at radius 1 is 1.50 bits per heavy atom. The van der Waals surface area contributed by atoms with Gasteiger partial charge in [-0.05, 0) is 19.9 Å². The fraction of sp³-hybridized carbons (Fsp3) is 0.286. The maximum atomic E-state index is 6.63. The summed E-state index contributed by atoms with van der Waals surface area (Å²) < 4.78 is 0. The SMILES string of the molecule is C/C=C(C)/C=C\C=N. The molecule has 0 saturated carbocycles. The lowest BCUT2D eigenvalue weighted by Crippen LogP contribution is -1.64. The molecule has 0 aromatic rings. The Balaban J connectivity index is 3.69. The molecule has 1 N–H and O–H groups in total. The predicted octanol–water partition coefficient (Wildman–Crippen LogP) is 2.16. The highest BCUT2D eigenvalue weighted by Gasteiger charge is 1.71. The van der Waals surface area contributed by atoms with Crippen molar-refractivity contribution in [2.24, 2.45) is 0 Å². The van der Waals surface area contributed by atoms with Gasteiger partial charge in [0.2, 0.25) is 0 Å². The van der Waals surface area contributed by atoms with E-state index >= 15 is 0 Å². The number of nitrogens with one attached hydrogen (secondary N) is 1. The third kappa shape index (κ3) is 3.34. The van der Waals surface area contributed by atoms with E-state index < -0.39 is 0 Å². The maximum absolute atomic E-state index is 6.63. The Kier molecular flexibility index (Phi) is 3.85. The van der Waals surface area contributed by atoms with Gasteiger partial charge < -0.3 is 5.41 Å². The molecule has 0 heterocycles. The van der Waals surface area contributed by atoms with Gasteiger partial charge in [-0.1, -0.05) is 17.7 Å². The van der Waals surface area contributed by atoms with Crippen LogP contribution in [0.5, 0.6) is 0 Å². The number of rotatable bonds is 2. The highest BCUT2D eigenvalue weighted by Crippen LogP contribution is 1.90. The fourth-order valence-corrected chi connectivity index (χ4v) is 0.296. The van der Waals surface area contributed by atoms with Gasteiger partial charge in [0, 0.05) is 6.21 Å². The van der Waals surface area contributed by atoms with Crippen LogP contribution >= 0.6 is 0 Å². The van der Waals surface area contributed by atoms with Gasteiger partial charge in [0.05, 0.1) is 0 Å². The second kappa shape index (κ2) is 4.31. The van der Waals surface area contributed by atoms with Crippen LogP contribution in [-0.2, 0) is 0 Å². The quantitative estimate of drug-likeness (QED) is 0.415. The highest BCUT2D eigenvalue weighted by atomic mass is 14.3. The molecule has 0 atom stereocenters. The second-order valence-corrected chi connectivity index (χ2v) is 1.56. The summed E-state index contributed by atoms with van der Waals surface area (Å²) in [4.78, 5) is 0. The van der Waals surface area contributed by atoms with E-state index in [1.54, 1.807) is 6.08 Å². The van der Waals surface area contributed by atoms with Crippen LogP contribution in [0.1, 0.15) is 13.8 Å². The zero-order valence-corrected chi connectivity index (χ0v) is 5.31. The van der Waals surface area contributed by atoms with Crippen molar-refractivity contribution in [2.45, 2.75) is 13.8 Å². The topological polar surface area (TPSA) is 23.9 Å². The fourth-order valence-electron chi connectivity index (χ4n) is 0.296. The van der Waals surface area contributed by atoms with Crippen LogP contribution in [0.25, 0.3) is 0 Å². The van der Waals surface area contributed by atoms with Gasteiger partial charge in [-0.2, -0.15) is 0 Å². The summed E-state index contributed by atoms with van der Waals surface area (Å²) in [5, 5.41) is 6.63. The molecular weight excluding hydrogens is 98.1 g/mol. The van der Waals surface area contributed by atoms with Crippen LogP contribution in [0.4, 0.5) is 0 Å². The summed E-state index contributed by atoms with van der Waals surface area (Å²) in [7, 11) is 0. The molecule has 1 nitrogen and oxygen atoms in total. The summed E-state index contributed by atoms with van der Waals surface area (Å²) in [6.45, 7) is 3.98. The van der Waals surface area contributed by atoms with Crippen LogP contribution in [0.2, 0.25) is 0 Å². The van der Waals surface area contributed by atoms with E-state index in [9.17, 15) is 0 Å². The molecular formula is C7H11N. The molecule has 0 aliphatic rings. The Morgan fingerprint density at radius 2 is 2.12 bits per heavy atom. The van der Waals surface area contributed by atoms with Gasteiger partial charge in [0.25, 0.3) is 0 Å². The van der Waals surface area contributed by atoms with E-state index in [4.69, 9.17) is 5.41 Å². The number of allylic oxidation sites excluding steroid dienone is 4. The zero-order chi connectivity index (χ0) is 6.41. The maximum Gasteiger partial charge on any atom is 0.0177 e. The van der Waals surface area contributed by atoms with E-state index in [0.717, 1.165) is 0 Å². The summed E-state index contributed by atoms with van der Waals surface area (Å²) in [5.41, 5.74) is 1.19. The molecule has 0 bridgehead atoms. The van der Waals surface area contributed by atoms with E-state index in [0.29, 0.717) is 0 Å². The smallest absolute Gasteiger partial charge is 0.0177 e. The monoisotopic (exact) mass is 109 g/mol. The van der Waals surface area contributed by atoms with E-state index in [1.165, 1.54) is 11.8 Å². The molecule has 0 spiro atoms. The van der Waals surface area contributed by atoms with Crippen molar-refractivity contribution in [3.8, 4) is 0 Å². The Hall–Kier alpha value is -0.850. The van der Waals surface area contributed by atoms with Gasteiger partial charge in [-0.15, -0.1) is 0 Å². The van der Waals surface area contributed by atoms with Gasteiger partial charge in [-0.3, -0.25) is 0 Å². The molecule has 0 rings (SSSR count). The summed E-state index contributed by atoms with van der Waals surface area (Å²) >= 11 is 0. The molecule has 0 fully saturated rings. The third-order valence-electron chi connectivity index (χ3n) is 0.911. The van der Waals surface area contributed by atoms with Crippen molar-refractivity contribution in [1.29, 1.82) is 5.41 Å². The lowest BCUT2D eigenvalue weighted by Gasteiger charge is -1.81. The van der Waals surface area contributed by atoms with Crippen LogP contribution < -0.4 is 0 Å². The molecule has 44 valence electrons. The standard InChI is InChI=1S/C7H11N/c1-3-7(2)5-4-6-8/h3-6,8H,1-2H3/b5-4-,7-3+,8-6?. The van der Waals surface area contributed by atoms with Crippen molar-refractivity contribution in [1.82, 2.24) is 0 Å². The summed E-state index contributed by atoms with van der Waals surface area (Å²) in [5.74, 6) is 0. The first-order valence-corrected chi connectivity index (χ1v) is 2.61. The molecule has 0 saturated heterocycles. The summed E-state index contributed by atoms with van der Waals surface area (Å²) in [6.07, 6.45) is 6.87. The highest BCUT2D eigenvalue weighted by molar-refractivity contribution is 5.68. The Bertz CT molecular complexity index is 120. The Morgan fingerprint density at radius 3 is 2.50 bits per heavy atom. The van der Waals surface area contributed by atoms with Crippen molar-refractivity contribution < 1.29 is 0 Å². The molecule has 0 radical (unpaired) electrons. The van der Waals surface area contributed by atoms with E-state index in [1.807, 2.05) is 26.0 Å². The first-order valence-electron chi connectivity index (χ1n) is 2.61. The van der Waals surface area contributed by atoms with Gasteiger partial charge in [0.15, 0.2) is 0 Å². The lowest BCUT2D eigenvalue weighted by atomic mass is 10.3. The molecule has 0 aliphatic carbocycles. The minimum atomic E-state index is 1.19. The first kappa shape index (κ1) is 7.15. The minimum Gasteiger partial charge on any atom is -0.309 e. The second-order valence-electron chi connectivity index (χ2n) is 1.56. The van der Waals surface area contributed by atoms with Gasteiger partial charge in [0.1, 0.15) is 0 Å². The largest absolute Gasteiger partial charge is 0.309 e. The van der Waals surface area contributed by atoms with Crippen LogP contribution in [-0.4, -0.2) is 6.21 Å². The molecule has 0 aromatic heterocycles. The average Bonchev–Trinajstić information content (AvgIpc) is 1.83. The van der Waals surface area contributed by atoms with Crippen LogP contribution in [0, 0.1) is 5.41 Å². The van der Waals surface area contributed by atoms with Crippen molar-refractivity contribution in [2.75, 3.05) is 0 Å². The normalized spacial score (nSPS) is 12.5. The van der Waals surface area contributed by atoms with Crippen molar-refractivity contribution in [3.63, 3.8) is 0 Å². The first-order chi connectivity index (χ1) is 3.81. The molecule has 8 heavy (non-hydrogen) atoms. The number of hydrogen-bond donors (Lipinski definition) is 1. The molecule has 1 heteroatoms. The van der Waals surface area contributed by atoms with E-state index in [-0.39, 0.29) is 0 Å². The van der Waals surface area contributed by atoms with Crippen molar-refractivity contribution in [3.05, 3.63) is 23.8 Å². The van der Waals surface area contributed by atoms with Gasteiger partial charge >= 0.3 is 0 Å². The van der Waals surface area contributed by atoms with Crippen molar-refractivity contribution >= 4 is 6.21 Å². The lowest BCUT2D eigenvalue weighted by molar-refractivity contribution is 1.48. The molecule has 0 aliphatic heterocycles. The zero-order valence-electron chi connectivity index (χ0n) is 5.31. The molecule has 0 unspecified atom stereocenters. The van der Waals surface area contributed by atoms with Gasteiger partial charge in [-0.25, -0.2) is 0 Å². The van der Waals surface area contributed by atoms with Crippen LogP contribution in [0.3, 0.4) is 0 Å². The average molecular weight is 109 g/mol. The third-order valence-corrected chi connectivity index (χ3v) is 0.911. The van der Waals surface area contributed by atoms with Crippen LogP contribution in [0.15, 0.2) is 23.8 Å². The minimum absolute atomic E-state index is 1.19. The Labute approximate surface area is 50.2 Å². The molecule has 0 amide bonds. The summed E-state index contributed by atoms with van der Waals surface area (Å²) in [6, 6.07) is 0. The number of hydrogen-bond acceptors (Lipinski definition) is 1. The molecule has 0 aromatic carbocycles. The van der Waals surface area contributed by atoms with E-state index in [2.05, 4.69) is 0 Å². The predicted molar refractivity (Wildman–Crippen MR) is 37.4 cm³/mol.